The lowest BCUT2D eigenvalue weighted by Gasteiger charge is -2.07. The summed E-state index contributed by atoms with van der Waals surface area (Å²) >= 11 is 0. The third kappa shape index (κ3) is 14.0. The van der Waals surface area contributed by atoms with Gasteiger partial charge in [-0.1, -0.05) is 89.7 Å². The van der Waals surface area contributed by atoms with Crippen LogP contribution in [0, 0.1) is 0 Å². The van der Waals surface area contributed by atoms with Crippen LogP contribution in [-0.4, -0.2) is 0 Å². The maximum absolute atomic E-state index is 2.37. The summed E-state index contributed by atoms with van der Waals surface area (Å²) in [5, 5.41) is 0. The molecule has 0 amide bonds. The van der Waals surface area contributed by atoms with Crippen LogP contribution in [0.15, 0.2) is 11.6 Å². The van der Waals surface area contributed by atoms with Crippen LogP contribution in [0.4, 0.5) is 0 Å². The largest absolute Gasteiger partial charge is 0.0885 e. The van der Waals surface area contributed by atoms with Crippen molar-refractivity contribution in [2.24, 2.45) is 0 Å². The van der Waals surface area contributed by atoms with Crippen molar-refractivity contribution < 1.29 is 0 Å². The molecule has 0 nitrogen and oxygen atoms in total. The number of hydrogen-bond acceptors (Lipinski definition) is 0. The Morgan fingerprint density at radius 1 is 0.579 bits per heavy atom. The van der Waals surface area contributed by atoms with Gasteiger partial charge in [0.1, 0.15) is 0 Å². The molecule has 0 rings (SSSR count). The number of allylic oxidation sites excluding steroid dienone is 2. The average Bonchev–Trinajstić information content (AvgIpc) is 2.44. The van der Waals surface area contributed by atoms with Crippen molar-refractivity contribution in [1.29, 1.82) is 0 Å². The van der Waals surface area contributed by atoms with Crippen molar-refractivity contribution >= 4 is 0 Å². The second-order valence-corrected chi connectivity index (χ2v) is 5.98. The molecule has 0 aliphatic heterocycles. The molecule has 0 fully saturated rings. The molecule has 0 aliphatic rings. The molecule has 0 aromatic heterocycles. The van der Waals surface area contributed by atoms with Crippen molar-refractivity contribution in [2.45, 2.75) is 111 Å². The van der Waals surface area contributed by atoms with Crippen LogP contribution in [-0.2, 0) is 0 Å². The van der Waals surface area contributed by atoms with E-state index in [1.165, 1.54) is 89.9 Å². The fraction of sp³-hybridized carbons (Fsp3) is 0.895. The van der Waals surface area contributed by atoms with Crippen molar-refractivity contribution in [2.75, 3.05) is 0 Å². The van der Waals surface area contributed by atoms with Crippen LogP contribution in [0.2, 0.25) is 0 Å². The lowest BCUT2D eigenvalue weighted by Crippen LogP contribution is -1.87. The molecule has 0 aromatic rings. The number of unbranched alkanes of at least 4 members (excludes halogenated alkanes) is 10. The average molecular weight is 267 g/mol. The lowest BCUT2D eigenvalue weighted by molar-refractivity contribution is 0.583. The molecular weight excluding hydrogens is 228 g/mol. The van der Waals surface area contributed by atoms with Gasteiger partial charge in [-0.05, 0) is 32.6 Å². The molecule has 0 saturated carbocycles. The van der Waals surface area contributed by atoms with Crippen molar-refractivity contribution in [3.63, 3.8) is 0 Å². The fourth-order valence-corrected chi connectivity index (χ4v) is 2.68. The van der Waals surface area contributed by atoms with Crippen LogP contribution >= 0.6 is 0 Å². The molecule has 0 heterocycles. The minimum Gasteiger partial charge on any atom is -0.0885 e. The highest BCUT2D eigenvalue weighted by Gasteiger charge is 1.98. The summed E-state index contributed by atoms with van der Waals surface area (Å²) in [5.41, 5.74) is 1.71. The summed E-state index contributed by atoms with van der Waals surface area (Å²) in [6.45, 7) is 6.81. The van der Waals surface area contributed by atoms with Gasteiger partial charge in [0.05, 0.1) is 0 Å². The molecule has 114 valence electrons. The summed E-state index contributed by atoms with van der Waals surface area (Å²) in [4.78, 5) is 0. The molecule has 0 saturated heterocycles. The van der Waals surface area contributed by atoms with Gasteiger partial charge in [-0.15, -0.1) is 0 Å². The van der Waals surface area contributed by atoms with Crippen LogP contribution in [0.5, 0.6) is 0 Å². The van der Waals surface area contributed by atoms with Gasteiger partial charge in [0, 0.05) is 0 Å². The Bertz CT molecular complexity index is 172. The Labute approximate surface area is 123 Å². The summed E-state index contributed by atoms with van der Waals surface area (Å²) in [7, 11) is 0. The monoisotopic (exact) mass is 266 g/mol. The number of rotatable bonds is 14. The Morgan fingerprint density at radius 2 is 0.947 bits per heavy atom. The molecule has 0 spiro atoms. The first kappa shape index (κ1) is 18.7. The Balaban J connectivity index is 3.36. The van der Waals surface area contributed by atoms with Gasteiger partial charge < -0.3 is 0 Å². The van der Waals surface area contributed by atoms with E-state index >= 15 is 0 Å². The van der Waals surface area contributed by atoms with Crippen LogP contribution < -0.4 is 0 Å². The Morgan fingerprint density at radius 3 is 1.32 bits per heavy atom. The van der Waals surface area contributed by atoms with E-state index in [-0.39, 0.29) is 0 Å². The minimum atomic E-state index is 1.36. The van der Waals surface area contributed by atoms with Gasteiger partial charge in [-0.3, -0.25) is 0 Å². The first-order valence-electron chi connectivity index (χ1n) is 8.99. The van der Waals surface area contributed by atoms with Gasteiger partial charge >= 0.3 is 0 Å². The second-order valence-electron chi connectivity index (χ2n) is 5.98. The summed E-state index contributed by atoms with van der Waals surface area (Å²) < 4.78 is 0. The zero-order valence-electron chi connectivity index (χ0n) is 14.0. The summed E-state index contributed by atoms with van der Waals surface area (Å²) in [6.07, 6.45) is 22.1. The normalized spacial score (nSPS) is 10.7. The van der Waals surface area contributed by atoms with Crippen LogP contribution in [0.25, 0.3) is 0 Å². The zero-order chi connectivity index (χ0) is 14.2. The minimum absolute atomic E-state index is 1.36. The predicted octanol–water partition coefficient (Wildman–Crippen LogP) is 7.43. The van der Waals surface area contributed by atoms with Gasteiger partial charge in [0.25, 0.3) is 0 Å². The smallest absolute Gasteiger partial charge is 0.0320 e. The zero-order valence-corrected chi connectivity index (χ0v) is 14.0. The highest BCUT2D eigenvalue weighted by Crippen LogP contribution is 2.18. The Hall–Kier alpha value is -0.260. The van der Waals surface area contributed by atoms with E-state index in [4.69, 9.17) is 0 Å². The summed E-state index contributed by atoms with van der Waals surface area (Å²) in [5.74, 6) is 0. The fourth-order valence-electron chi connectivity index (χ4n) is 2.68. The van der Waals surface area contributed by atoms with Gasteiger partial charge in [-0.25, -0.2) is 0 Å². The summed E-state index contributed by atoms with van der Waals surface area (Å²) in [6, 6.07) is 0. The molecular formula is C19H38. The van der Waals surface area contributed by atoms with Gasteiger partial charge in [-0.2, -0.15) is 0 Å². The molecule has 0 heteroatoms. The van der Waals surface area contributed by atoms with E-state index in [0.29, 0.717) is 0 Å². The van der Waals surface area contributed by atoms with Crippen LogP contribution in [0.1, 0.15) is 111 Å². The molecule has 0 aromatic carbocycles. The van der Waals surface area contributed by atoms with Crippen LogP contribution in [0.3, 0.4) is 0 Å². The van der Waals surface area contributed by atoms with Gasteiger partial charge in [0.15, 0.2) is 0 Å². The van der Waals surface area contributed by atoms with Crippen molar-refractivity contribution in [3.8, 4) is 0 Å². The maximum atomic E-state index is 2.37. The van der Waals surface area contributed by atoms with Gasteiger partial charge in [0.2, 0.25) is 0 Å². The molecule has 0 N–H and O–H groups in total. The molecule has 0 atom stereocenters. The second kappa shape index (κ2) is 15.8. The first-order valence-corrected chi connectivity index (χ1v) is 8.99. The predicted molar refractivity (Wildman–Crippen MR) is 89.7 cm³/mol. The SMILES string of the molecule is CC=C(CCCCCCCC)CCCCCCCC. The maximum Gasteiger partial charge on any atom is -0.0320 e. The van der Waals surface area contributed by atoms with E-state index in [2.05, 4.69) is 26.8 Å². The molecule has 0 unspecified atom stereocenters. The van der Waals surface area contributed by atoms with E-state index in [0.717, 1.165) is 0 Å². The van der Waals surface area contributed by atoms with E-state index in [1.54, 1.807) is 5.57 Å². The Kier molecular flexibility index (Phi) is 15.6. The molecule has 0 radical (unpaired) electrons. The highest BCUT2D eigenvalue weighted by atomic mass is 14.0. The van der Waals surface area contributed by atoms with Crippen molar-refractivity contribution in [3.05, 3.63) is 11.6 Å². The lowest BCUT2D eigenvalue weighted by atomic mass is 9.99. The standard InChI is InChI=1S/C19H38/c1-4-7-9-11-13-15-17-19(6-3)18-16-14-12-10-8-5-2/h6H,4-5,7-18H2,1-3H3. The van der Waals surface area contributed by atoms with E-state index in [9.17, 15) is 0 Å². The quantitative estimate of drug-likeness (QED) is 0.226. The third-order valence-corrected chi connectivity index (χ3v) is 4.11. The van der Waals surface area contributed by atoms with E-state index < -0.39 is 0 Å². The molecule has 0 aliphatic carbocycles. The van der Waals surface area contributed by atoms with Crippen molar-refractivity contribution in [1.82, 2.24) is 0 Å². The third-order valence-electron chi connectivity index (χ3n) is 4.11. The number of hydrogen-bond donors (Lipinski definition) is 0. The topological polar surface area (TPSA) is 0 Å². The first-order chi connectivity index (χ1) is 9.35. The highest BCUT2D eigenvalue weighted by molar-refractivity contribution is 4.99. The van der Waals surface area contributed by atoms with E-state index in [1.807, 2.05) is 0 Å². The molecule has 0 bridgehead atoms. The molecule has 19 heavy (non-hydrogen) atoms.